The number of carbonyl (C=O) groups is 2. The Morgan fingerprint density at radius 1 is 1.29 bits per heavy atom. The Morgan fingerprint density at radius 2 is 2.00 bits per heavy atom. The van der Waals surface area contributed by atoms with E-state index in [4.69, 9.17) is 5.73 Å². The molecule has 4 N–H and O–H groups in total. The smallest absolute Gasteiger partial charge is 0.319 e. The van der Waals surface area contributed by atoms with Gasteiger partial charge in [-0.25, -0.2) is 9.18 Å². The maximum Gasteiger partial charge on any atom is 0.319 e. The van der Waals surface area contributed by atoms with E-state index in [1.807, 2.05) is 0 Å². The number of hydrogen-bond acceptors (Lipinski definition) is 2. The van der Waals surface area contributed by atoms with Crippen LogP contribution in [-0.2, 0) is 0 Å². The highest BCUT2D eigenvalue weighted by Gasteiger charge is 2.22. The topological polar surface area (TPSA) is 84.2 Å². The highest BCUT2D eigenvalue weighted by Crippen LogP contribution is 2.23. The first-order chi connectivity index (χ1) is 9.97. The second-order valence-electron chi connectivity index (χ2n) is 5.53. The van der Waals surface area contributed by atoms with Gasteiger partial charge in [0.05, 0.1) is 5.56 Å². The molecule has 0 aliphatic heterocycles. The molecule has 0 saturated heterocycles. The van der Waals surface area contributed by atoms with Crippen LogP contribution in [0.4, 0.5) is 14.9 Å². The Balaban J connectivity index is 1.99. The summed E-state index contributed by atoms with van der Waals surface area (Å²) < 4.78 is 13.4. The van der Waals surface area contributed by atoms with Gasteiger partial charge in [0.2, 0.25) is 0 Å². The first-order valence-corrected chi connectivity index (χ1v) is 7.14. The number of nitrogens with one attached hydrogen (secondary N) is 2. The standard InChI is InChI=1S/C15H20FN3O2/c1-9-4-2-3-5-13(9)19-15(21)18-10-6-7-12(16)11(8-10)14(17)20/h6-9,13H,2-5H2,1H3,(H2,17,20)(H2,18,19,21)/t9-,13+/m1/s1. The summed E-state index contributed by atoms with van der Waals surface area (Å²) in [7, 11) is 0. The van der Waals surface area contributed by atoms with Crippen LogP contribution in [0.25, 0.3) is 0 Å². The van der Waals surface area contributed by atoms with Gasteiger partial charge in [0.15, 0.2) is 0 Å². The van der Waals surface area contributed by atoms with Crippen LogP contribution in [0, 0.1) is 11.7 Å². The summed E-state index contributed by atoms with van der Waals surface area (Å²) in [4.78, 5) is 23.0. The van der Waals surface area contributed by atoms with Gasteiger partial charge in [-0.1, -0.05) is 19.8 Å². The van der Waals surface area contributed by atoms with E-state index in [-0.39, 0.29) is 17.6 Å². The number of nitrogens with two attached hydrogens (primary N) is 1. The van der Waals surface area contributed by atoms with Crippen molar-refractivity contribution in [3.63, 3.8) is 0 Å². The Labute approximate surface area is 123 Å². The van der Waals surface area contributed by atoms with Gasteiger partial charge in [-0.2, -0.15) is 0 Å². The molecule has 2 atom stereocenters. The van der Waals surface area contributed by atoms with Crippen molar-refractivity contribution < 1.29 is 14.0 Å². The SMILES string of the molecule is C[C@@H]1CCCC[C@@H]1NC(=O)Nc1ccc(F)c(C(N)=O)c1. The van der Waals surface area contributed by atoms with Gasteiger partial charge in [-0.3, -0.25) is 4.79 Å². The largest absolute Gasteiger partial charge is 0.366 e. The van der Waals surface area contributed by atoms with E-state index in [1.54, 1.807) is 0 Å². The molecule has 1 fully saturated rings. The fourth-order valence-corrected chi connectivity index (χ4v) is 2.66. The number of halogens is 1. The molecule has 3 amide bonds. The molecule has 0 unspecified atom stereocenters. The average Bonchev–Trinajstić information content (AvgIpc) is 2.43. The van der Waals surface area contributed by atoms with Crippen molar-refractivity contribution >= 4 is 17.6 Å². The minimum Gasteiger partial charge on any atom is -0.366 e. The van der Waals surface area contributed by atoms with Crippen molar-refractivity contribution in [3.05, 3.63) is 29.6 Å². The number of primary amides is 1. The number of urea groups is 1. The van der Waals surface area contributed by atoms with E-state index in [0.717, 1.165) is 25.3 Å². The Kier molecular flexibility index (Phi) is 4.77. The molecule has 1 aliphatic rings. The molecule has 1 aromatic carbocycles. The van der Waals surface area contributed by atoms with E-state index in [1.165, 1.54) is 18.6 Å². The molecule has 6 heteroatoms. The molecular weight excluding hydrogens is 273 g/mol. The third-order valence-corrected chi connectivity index (χ3v) is 3.92. The van der Waals surface area contributed by atoms with Gasteiger partial charge in [-0.05, 0) is 37.0 Å². The fourth-order valence-electron chi connectivity index (χ4n) is 2.66. The first-order valence-electron chi connectivity index (χ1n) is 7.14. The van der Waals surface area contributed by atoms with Crippen LogP contribution in [0.3, 0.4) is 0 Å². The predicted molar refractivity (Wildman–Crippen MR) is 78.5 cm³/mol. The lowest BCUT2D eigenvalue weighted by molar-refractivity contribution is 0.0996. The summed E-state index contributed by atoms with van der Waals surface area (Å²) in [5.74, 6) is -1.12. The molecule has 5 nitrogen and oxygen atoms in total. The summed E-state index contributed by atoms with van der Waals surface area (Å²) in [5.41, 5.74) is 5.18. The highest BCUT2D eigenvalue weighted by molar-refractivity contribution is 5.96. The van der Waals surface area contributed by atoms with Gasteiger partial charge >= 0.3 is 6.03 Å². The molecule has 0 radical (unpaired) electrons. The summed E-state index contributed by atoms with van der Waals surface area (Å²) in [5, 5.41) is 5.53. The zero-order valence-electron chi connectivity index (χ0n) is 12.0. The van der Waals surface area contributed by atoms with Crippen LogP contribution < -0.4 is 16.4 Å². The summed E-state index contributed by atoms with van der Waals surface area (Å²) in [6.07, 6.45) is 4.37. The Bertz CT molecular complexity index is 548. The summed E-state index contributed by atoms with van der Waals surface area (Å²) >= 11 is 0. The molecule has 1 aromatic rings. The van der Waals surface area contributed by atoms with Gasteiger partial charge in [-0.15, -0.1) is 0 Å². The van der Waals surface area contributed by atoms with Crippen molar-refractivity contribution in [1.29, 1.82) is 0 Å². The third-order valence-electron chi connectivity index (χ3n) is 3.92. The second kappa shape index (κ2) is 6.56. The molecule has 2 rings (SSSR count). The molecule has 21 heavy (non-hydrogen) atoms. The van der Waals surface area contributed by atoms with E-state index >= 15 is 0 Å². The van der Waals surface area contributed by atoms with Gasteiger partial charge in [0.25, 0.3) is 5.91 Å². The number of anilines is 1. The third kappa shape index (κ3) is 3.93. The van der Waals surface area contributed by atoms with Crippen LogP contribution in [0.5, 0.6) is 0 Å². The number of hydrogen-bond donors (Lipinski definition) is 3. The molecule has 0 aromatic heterocycles. The van der Waals surface area contributed by atoms with E-state index < -0.39 is 11.7 Å². The minimum atomic E-state index is -0.863. The van der Waals surface area contributed by atoms with Gasteiger partial charge in [0.1, 0.15) is 5.82 Å². The van der Waals surface area contributed by atoms with E-state index in [0.29, 0.717) is 11.6 Å². The lowest BCUT2D eigenvalue weighted by Gasteiger charge is -2.29. The molecule has 0 spiro atoms. The normalized spacial score (nSPS) is 21.6. The van der Waals surface area contributed by atoms with Gasteiger partial charge < -0.3 is 16.4 Å². The van der Waals surface area contributed by atoms with Crippen LogP contribution in [0.2, 0.25) is 0 Å². The zero-order chi connectivity index (χ0) is 15.4. The first kappa shape index (κ1) is 15.3. The van der Waals surface area contributed by atoms with E-state index in [2.05, 4.69) is 17.6 Å². The zero-order valence-corrected chi connectivity index (χ0v) is 12.0. The Morgan fingerprint density at radius 3 is 2.67 bits per heavy atom. The van der Waals surface area contributed by atoms with Crippen LogP contribution in [-0.4, -0.2) is 18.0 Å². The lowest BCUT2D eigenvalue weighted by Crippen LogP contribution is -2.43. The second-order valence-corrected chi connectivity index (χ2v) is 5.53. The quantitative estimate of drug-likeness (QED) is 0.800. The highest BCUT2D eigenvalue weighted by atomic mass is 19.1. The monoisotopic (exact) mass is 293 g/mol. The Hall–Kier alpha value is -2.11. The summed E-state index contributed by atoms with van der Waals surface area (Å²) in [6, 6.07) is 3.54. The predicted octanol–water partition coefficient (Wildman–Crippen LogP) is 2.62. The molecule has 1 aliphatic carbocycles. The van der Waals surface area contributed by atoms with E-state index in [9.17, 15) is 14.0 Å². The average molecular weight is 293 g/mol. The van der Waals surface area contributed by atoms with Crippen molar-refractivity contribution in [1.82, 2.24) is 5.32 Å². The van der Waals surface area contributed by atoms with Crippen molar-refractivity contribution in [2.45, 2.75) is 38.6 Å². The van der Waals surface area contributed by atoms with Crippen molar-refractivity contribution in [3.8, 4) is 0 Å². The minimum absolute atomic E-state index is 0.148. The number of benzene rings is 1. The van der Waals surface area contributed by atoms with Crippen molar-refractivity contribution in [2.24, 2.45) is 11.7 Å². The van der Waals surface area contributed by atoms with Crippen LogP contribution in [0.15, 0.2) is 18.2 Å². The van der Waals surface area contributed by atoms with Crippen molar-refractivity contribution in [2.75, 3.05) is 5.32 Å². The molecule has 0 heterocycles. The molecule has 114 valence electrons. The number of amides is 3. The van der Waals surface area contributed by atoms with Crippen LogP contribution in [0.1, 0.15) is 43.0 Å². The number of rotatable bonds is 3. The number of carbonyl (C=O) groups excluding carboxylic acids is 2. The van der Waals surface area contributed by atoms with Gasteiger partial charge in [0, 0.05) is 11.7 Å². The molecule has 1 saturated carbocycles. The summed E-state index contributed by atoms with van der Waals surface area (Å²) in [6.45, 7) is 2.12. The maximum absolute atomic E-state index is 13.4. The van der Waals surface area contributed by atoms with Crippen LogP contribution >= 0.6 is 0 Å². The lowest BCUT2D eigenvalue weighted by atomic mass is 9.86. The molecule has 0 bridgehead atoms. The maximum atomic E-state index is 13.4. The molecular formula is C15H20FN3O2. The fraction of sp³-hybridized carbons (Fsp3) is 0.467.